The molecular weight excluding hydrogens is 261 g/mol. The maximum Gasteiger partial charge on any atom is 0.141 e. The van der Waals surface area contributed by atoms with E-state index in [1.165, 1.54) is 12.5 Å². The summed E-state index contributed by atoms with van der Waals surface area (Å²) in [6.45, 7) is 0. The normalized spacial score (nSPS) is 18.6. The number of halogens is 2. The van der Waals surface area contributed by atoms with Crippen molar-refractivity contribution in [2.24, 2.45) is 11.7 Å². The van der Waals surface area contributed by atoms with Gasteiger partial charge in [0, 0.05) is 11.6 Å². The second-order valence-corrected chi connectivity index (χ2v) is 4.81. The Morgan fingerprint density at radius 2 is 2.13 bits per heavy atom. The zero-order chi connectivity index (χ0) is 11.0. The molecule has 2 nitrogen and oxygen atoms in total. The van der Waals surface area contributed by atoms with Gasteiger partial charge >= 0.3 is 0 Å². The van der Waals surface area contributed by atoms with E-state index in [1.54, 1.807) is 6.07 Å². The maximum absolute atomic E-state index is 13.1. The summed E-state index contributed by atoms with van der Waals surface area (Å²) in [5, 5.41) is 9.75. The lowest BCUT2D eigenvalue weighted by Gasteiger charge is -2.31. The van der Waals surface area contributed by atoms with E-state index < -0.39 is 5.82 Å². The van der Waals surface area contributed by atoms with Crippen LogP contribution in [-0.4, -0.2) is 5.11 Å². The SMILES string of the molecule is N[C@@H](c1ccc(F)c(Br)c1O)C1CCC1. The third kappa shape index (κ3) is 1.88. The van der Waals surface area contributed by atoms with E-state index in [-0.39, 0.29) is 16.3 Å². The number of phenolic OH excluding ortho intramolecular Hbond substituents is 1. The van der Waals surface area contributed by atoms with E-state index >= 15 is 0 Å². The first-order valence-corrected chi connectivity index (χ1v) is 5.83. The van der Waals surface area contributed by atoms with Gasteiger partial charge in [-0.15, -0.1) is 0 Å². The van der Waals surface area contributed by atoms with E-state index in [0.29, 0.717) is 11.5 Å². The van der Waals surface area contributed by atoms with E-state index in [9.17, 15) is 9.50 Å². The van der Waals surface area contributed by atoms with Gasteiger partial charge in [0.25, 0.3) is 0 Å². The first-order valence-electron chi connectivity index (χ1n) is 5.03. The maximum atomic E-state index is 13.1. The molecule has 0 bridgehead atoms. The van der Waals surface area contributed by atoms with Gasteiger partial charge in [0.15, 0.2) is 0 Å². The highest BCUT2D eigenvalue weighted by Gasteiger charge is 2.28. The number of phenols is 1. The highest BCUT2D eigenvalue weighted by molar-refractivity contribution is 9.10. The Balaban J connectivity index is 2.31. The van der Waals surface area contributed by atoms with Gasteiger partial charge in [-0.05, 0) is 40.8 Å². The summed E-state index contributed by atoms with van der Waals surface area (Å²) in [6.07, 6.45) is 3.38. The lowest BCUT2D eigenvalue weighted by atomic mass is 9.77. The summed E-state index contributed by atoms with van der Waals surface area (Å²) < 4.78 is 13.2. The van der Waals surface area contributed by atoms with Crippen molar-refractivity contribution in [2.75, 3.05) is 0 Å². The largest absolute Gasteiger partial charge is 0.506 e. The summed E-state index contributed by atoms with van der Waals surface area (Å²) in [5.41, 5.74) is 6.65. The Morgan fingerprint density at radius 3 is 2.67 bits per heavy atom. The molecular formula is C11H13BrFNO. The molecule has 1 aliphatic carbocycles. The molecule has 0 aromatic heterocycles. The fraction of sp³-hybridized carbons (Fsp3) is 0.455. The van der Waals surface area contributed by atoms with Gasteiger partial charge in [0.1, 0.15) is 11.6 Å². The van der Waals surface area contributed by atoms with Crippen LogP contribution in [0.1, 0.15) is 30.9 Å². The standard InChI is InChI=1S/C11H13BrFNO/c12-9-8(13)5-4-7(11(9)15)10(14)6-2-1-3-6/h4-6,10,15H,1-3,14H2/t10-/m1/s1. The van der Waals surface area contributed by atoms with Gasteiger partial charge in [0.05, 0.1) is 4.47 Å². The smallest absolute Gasteiger partial charge is 0.141 e. The van der Waals surface area contributed by atoms with Gasteiger partial charge in [-0.3, -0.25) is 0 Å². The molecule has 0 aliphatic heterocycles. The number of hydrogen-bond acceptors (Lipinski definition) is 2. The van der Waals surface area contributed by atoms with Crippen molar-refractivity contribution in [1.29, 1.82) is 0 Å². The molecule has 1 fully saturated rings. The Kier molecular flexibility index (Phi) is 2.98. The van der Waals surface area contributed by atoms with Crippen LogP contribution in [0.3, 0.4) is 0 Å². The molecule has 1 aromatic carbocycles. The lowest BCUT2D eigenvalue weighted by molar-refractivity contribution is 0.260. The van der Waals surface area contributed by atoms with Crippen molar-refractivity contribution in [2.45, 2.75) is 25.3 Å². The zero-order valence-electron chi connectivity index (χ0n) is 8.21. The fourth-order valence-electron chi connectivity index (χ4n) is 1.88. The van der Waals surface area contributed by atoms with Gasteiger partial charge in [0.2, 0.25) is 0 Å². The molecule has 0 amide bonds. The highest BCUT2D eigenvalue weighted by atomic mass is 79.9. The third-order valence-corrected chi connectivity index (χ3v) is 3.87. The summed E-state index contributed by atoms with van der Waals surface area (Å²) in [5.74, 6) is -0.0975. The second-order valence-electron chi connectivity index (χ2n) is 4.02. The molecule has 3 N–H and O–H groups in total. The zero-order valence-corrected chi connectivity index (χ0v) is 9.80. The van der Waals surface area contributed by atoms with E-state index in [2.05, 4.69) is 15.9 Å². The van der Waals surface area contributed by atoms with Crippen LogP contribution < -0.4 is 5.73 Å². The molecule has 4 heteroatoms. The molecule has 0 unspecified atom stereocenters. The van der Waals surface area contributed by atoms with Gasteiger partial charge in [-0.1, -0.05) is 12.5 Å². The number of benzene rings is 1. The number of rotatable bonds is 2. The topological polar surface area (TPSA) is 46.2 Å². The molecule has 82 valence electrons. The third-order valence-electron chi connectivity index (χ3n) is 3.12. The summed E-state index contributed by atoms with van der Waals surface area (Å²) in [6, 6.07) is 2.71. The van der Waals surface area contributed by atoms with Crippen LogP contribution in [0.2, 0.25) is 0 Å². The minimum Gasteiger partial charge on any atom is -0.506 e. The quantitative estimate of drug-likeness (QED) is 0.870. The van der Waals surface area contributed by atoms with Crippen LogP contribution in [0.5, 0.6) is 5.75 Å². The molecule has 1 aromatic rings. The van der Waals surface area contributed by atoms with Crippen molar-refractivity contribution < 1.29 is 9.50 Å². The van der Waals surface area contributed by atoms with E-state index in [4.69, 9.17) is 5.73 Å². The van der Waals surface area contributed by atoms with Crippen LogP contribution in [0.15, 0.2) is 16.6 Å². The van der Waals surface area contributed by atoms with Crippen LogP contribution in [0, 0.1) is 11.7 Å². The number of aromatic hydroxyl groups is 1. The second kappa shape index (κ2) is 4.10. The Bertz CT molecular complexity index is 379. The summed E-state index contributed by atoms with van der Waals surface area (Å²) in [4.78, 5) is 0. The highest BCUT2D eigenvalue weighted by Crippen LogP contribution is 2.41. The molecule has 2 rings (SSSR count). The van der Waals surface area contributed by atoms with Crippen molar-refractivity contribution in [3.63, 3.8) is 0 Å². The van der Waals surface area contributed by atoms with Crippen molar-refractivity contribution >= 4 is 15.9 Å². The van der Waals surface area contributed by atoms with Crippen molar-refractivity contribution in [1.82, 2.24) is 0 Å². The molecule has 1 aliphatic rings. The molecule has 1 saturated carbocycles. The Hall–Kier alpha value is -0.610. The van der Waals surface area contributed by atoms with E-state index in [1.807, 2.05) is 0 Å². The predicted molar refractivity (Wildman–Crippen MR) is 60.0 cm³/mol. The minimum absolute atomic E-state index is 0.0607. The average molecular weight is 274 g/mol. The minimum atomic E-state index is -0.461. The Morgan fingerprint density at radius 1 is 1.47 bits per heavy atom. The molecule has 0 saturated heterocycles. The monoisotopic (exact) mass is 273 g/mol. The number of hydrogen-bond donors (Lipinski definition) is 2. The molecule has 0 radical (unpaired) electrons. The van der Waals surface area contributed by atoms with E-state index in [0.717, 1.165) is 12.8 Å². The van der Waals surface area contributed by atoms with Crippen LogP contribution in [0.25, 0.3) is 0 Å². The summed E-state index contributed by atoms with van der Waals surface area (Å²) >= 11 is 3.01. The van der Waals surface area contributed by atoms with Crippen molar-refractivity contribution in [3.05, 3.63) is 28.0 Å². The lowest BCUT2D eigenvalue weighted by Crippen LogP contribution is -2.26. The Labute approximate surface area is 96.4 Å². The molecule has 15 heavy (non-hydrogen) atoms. The van der Waals surface area contributed by atoms with Crippen LogP contribution >= 0.6 is 15.9 Å². The van der Waals surface area contributed by atoms with Crippen molar-refractivity contribution in [3.8, 4) is 5.75 Å². The predicted octanol–water partition coefficient (Wildman–Crippen LogP) is 3.09. The fourth-order valence-corrected chi connectivity index (χ4v) is 2.24. The number of nitrogens with two attached hydrogens (primary N) is 1. The molecule has 0 spiro atoms. The van der Waals surface area contributed by atoms with Gasteiger partial charge in [-0.25, -0.2) is 4.39 Å². The first-order chi connectivity index (χ1) is 7.11. The van der Waals surface area contributed by atoms with Gasteiger partial charge in [-0.2, -0.15) is 0 Å². The van der Waals surface area contributed by atoms with Crippen LogP contribution in [-0.2, 0) is 0 Å². The average Bonchev–Trinajstić information content (AvgIpc) is 2.11. The van der Waals surface area contributed by atoms with Gasteiger partial charge < -0.3 is 10.8 Å². The molecule has 1 atom stereocenters. The first kappa shape index (κ1) is 10.9. The van der Waals surface area contributed by atoms with Crippen LogP contribution in [0.4, 0.5) is 4.39 Å². The molecule has 0 heterocycles. The summed E-state index contributed by atoms with van der Waals surface area (Å²) in [7, 11) is 0.